The first-order valence-electron chi connectivity index (χ1n) is 11.5. The molecule has 2 rings (SSSR count). The molecule has 0 N–H and O–H groups in total. The third kappa shape index (κ3) is 8.43. The van der Waals surface area contributed by atoms with Crippen molar-refractivity contribution < 1.29 is 28.6 Å². The van der Waals surface area contributed by atoms with Crippen molar-refractivity contribution in [3.63, 3.8) is 0 Å². The summed E-state index contributed by atoms with van der Waals surface area (Å²) in [5.41, 5.74) is -0.431. The molecule has 9 heteroatoms. The van der Waals surface area contributed by atoms with E-state index in [2.05, 4.69) is 0 Å². The fourth-order valence-electron chi connectivity index (χ4n) is 3.53. The van der Waals surface area contributed by atoms with Crippen molar-refractivity contribution in [2.45, 2.75) is 77.9 Å². The maximum absolute atomic E-state index is 12.9. The van der Waals surface area contributed by atoms with E-state index in [0.29, 0.717) is 6.42 Å². The van der Waals surface area contributed by atoms with Crippen LogP contribution in [0.25, 0.3) is 0 Å². The summed E-state index contributed by atoms with van der Waals surface area (Å²) >= 11 is 0. The van der Waals surface area contributed by atoms with Gasteiger partial charge in [-0.2, -0.15) is 0 Å². The van der Waals surface area contributed by atoms with Crippen LogP contribution in [0.1, 0.15) is 53.5 Å². The summed E-state index contributed by atoms with van der Waals surface area (Å²) in [6.07, 6.45) is -1.02. The number of hydrogen-bond donors (Lipinski definition) is 0. The number of carbonyl (C=O) groups is 3. The summed E-state index contributed by atoms with van der Waals surface area (Å²) in [7, 11) is 3.28. The molecule has 1 saturated heterocycles. The Morgan fingerprint density at radius 2 is 1.29 bits per heavy atom. The topological polar surface area (TPSA) is 88.6 Å². The summed E-state index contributed by atoms with van der Waals surface area (Å²) < 4.78 is 16.5. The third-order valence-electron chi connectivity index (χ3n) is 5.33. The van der Waals surface area contributed by atoms with Gasteiger partial charge >= 0.3 is 18.3 Å². The van der Waals surface area contributed by atoms with Crippen molar-refractivity contribution in [1.82, 2.24) is 14.7 Å². The van der Waals surface area contributed by atoms with Crippen molar-refractivity contribution >= 4 is 18.3 Å². The monoisotopic (exact) mass is 477 g/mol. The van der Waals surface area contributed by atoms with E-state index in [0.717, 1.165) is 5.56 Å². The van der Waals surface area contributed by atoms with Gasteiger partial charge in [-0.1, -0.05) is 30.3 Å². The second-order valence-electron chi connectivity index (χ2n) is 10.7. The Hall–Kier alpha value is -2.97. The van der Waals surface area contributed by atoms with E-state index >= 15 is 0 Å². The molecule has 1 aromatic carbocycles. The summed E-state index contributed by atoms with van der Waals surface area (Å²) in [5.74, 6) is 0. The van der Waals surface area contributed by atoms with Gasteiger partial charge in [0.2, 0.25) is 0 Å². The molecule has 34 heavy (non-hydrogen) atoms. The molecule has 0 unspecified atom stereocenters. The van der Waals surface area contributed by atoms with E-state index in [9.17, 15) is 14.4 Å². The Morgan fingerprint density at radius 3 is 1.71 bits per heavy atom. The van der Waals surface area contributed by atoms with Crippen molar-refractivity contribution in [3.8, 4) is 0 Å². The molecule has 1 aliphatic rings. The molecule has 0 aliphatic carbocycles. The molecular formula is C25H39N3O6. The van der Waals surface area contributed by atoms with Gasteiger partial charge in [0, 0.05) is 27.2 Å². The van der Waals surface area contributed by atoms with E-state index in [1.54, 1.807) is 55.6 Å². The first kappa shape index (κ1) is 27.3. The van der Waals surface area contributed by atoms with Gasteiger partial charge in [0.05, 0.1) is 12.1 Å². The molecule has 0 radical (unpaired) electrons. The molecule has 0 aromatic heterocycles. The average Bonchev–Trinajstić information content (AvgIpc) is 2.74. The quantitative estimate of drug-likeness (QED) is 0.593. The van der Waals surface area contributed by atoms with Crippen LogP contribution in [0.5, 0.6) is 0 Å². The SMILES string of the molecule is CN(C(=O)OC(C)(C)C)[C@@H]1C[C@H](N(C)C(=O)OC(C)(C)C)CN(C(=O)OCc2ccccc2)C1. The summed E-state index contributed by atoms with van der Waals surface area (Å²) in [6.45, 7) is 11.5. The van der Waals surface area contributed by atoms with Gasteiger partial charge in [-0.25, -0.2) is 14.4 Å². The number of hydrogen-bond acceptors (Lipinski definition) is 6. The lowest BCUT2D eigenvalue weighted by atomic mass is 9.99. The summed E-state index contributed by atoms with van der Waals surface area (Å²) in [5, 5.41) is 0. The highest BCUT2D eigenvalue weighted by Gasteiger charge is 2.39. The zero-order valence-electron chi connectivity index (χ0n) is 21.7. The van der Waals surface area contributed by atoms with E-state index < -0.39 is 29.5 Å². The standard InChI is InChI=1S/C25H39N3O6/c1-24(2,3)33-21(29)26(7)19-14-20(27(8)22(30)34-25(4,5)6)16-28(15-19)23(31)32-17-18-12-10-9-11-13-18/h9-13,19-20H,14-17H2,1-8H3/t19-,20+. The molecule has 1 heterocycles. The van der Waals surface area contributed by atoms with Crippen LogP contribution in [-0.4, -0.2) is 83.5 Å². The maximum Gasteiger partial charge on any atom is 0.410 e. The van der Waals surface area contributed by atoms with Crippen LogP contribution < -0.4 is 0 Å². The number of carbonyl (C=O) groups excluding carboxylic acids is 3. The fraction of sp³-hybridized carbons (Fsp3) is 0.640. The van der Waals surface area contributed by atoms with E-state index in [1.165, 1.54) is 14.7 Å². The van der Waals surface area contributed by atoms with Gasteiger partial charge in [0.1, 0.15) is 17.8 Å². The fourth-order valence-corrected chi connectivity index (χ4v) is 3.53. The summed E-state index contributed by atoms with van der Waals surface area (Å²) in [6, 6.07) is 8.65. The highest BCUT2D eigenvalue weighted by molar-refractivity contribution is 5.71. The number of benzene rings is 1. The number of rotatable bonds is 4. The third-order valence-corrected chi connectivity index (χ3v) is 5.33. The van der Waals surface area contributed by atoms with Crippen molar-refractivity contribution in [1.29, 1.82) is 0 Å². The van der Waals surface area contributed by atoms with Crippen molar-refractivity contribution in [2.75, 3.05) is 27.2 Å². The molecule has 0 bridgehead atoms. The lowest BCUT2D eigenvalue weighted by Crippen LogP contribution is -2.59. The average molecular weight is 478 g/mol. The number of likely N-dealkylation sites (tertiary alicyclic amines) is 1. The lowest BCUT2D eigenvalue weighted by molar-refractivity contribution is -0.00856. The zero-order valence-corrected chi connectivity index (χ0v) is 21.7. The molecule has 1 aromatic rings. The molecule has 3 amide bonds. The minimum absolute atomic E-state index is 0.134. The van der Waals surface area contributed by atoms with Crippen LogP contribution in [-0.2, 0) is 20.8 Å². The van der Waals surface area contributed by atoms with E-state index in [-0.39, 0.29) is 31.8 Å². The number of ether oxygens (including phenoxy) is 3. The van der Waals surface area contributed by atoms with Crippen LogP contribution in [0.2, 0.25) is 0 Å². The smallest absolute Gasteiger partial charge is 0.410 e. The Morgan fingerprint density at radius 1 is 0.853 bits per heavy atom. The number of likely N-dealkylation sites (N-methyl/N-ethyl adjacent to an activating group) is 2. The number of amides is 3. The first-order valence-corrected chi connectivity index (χ1v) is 11.5. The molecule has 0 spiro atoms. The first-order chi connectivity index (χ1) is 15.7. The van der Waals surface area contributed by atoms with Crippen molar-refractivity contribution in [3.05, 3.63) is 35.9 Å². The molecule has 1 aliphatic heterocycles. The Labute approximate surface area is 202 Å². The highest BCUT2D eigenvalue weighted by atomic mass is 16.6. The second-order valence-corrected chi connectivity index (χ2v) is 10.7. The normalized spacial score (nSPS) is 18.6. The zero-order chi connectivity index (χ0) is 25.7. The number of nitrogens with zero attached hydrogens (tertiary/aromatic N) is 3. The second kappa shape index (κ2) is 11.0. The van der Waals surface area contributed by atoms with Crippen LogP contribution in [0, 0.1) is 0 Å². The van der Waals surface area contributed by atoms with Crippen LogP contribution >= 0.6 is 0 Å². The Kier molecular flexibility index (Phi) is 8.80. The van der Waals surface area contributed by atoms with Crippen molar-refractivity contribution in [2.24, 2.45) is 0 Å². The minimum Gasteiger partial charge on any atom is -0.445 e. The van der Waals surface area contributed by atoms with Gasteiger partial charge in [0.15, 0.2) is 0 Å². The Balaban J connectivity index is 2.17. The van der Waals surface area contributed by atoms with Crippen LogP contribution in [0.4, 0.5) is 14.4 Å². The minimum atomic E-state index is -0.652. The van der Waals surface area contributed by atoms with Crippen LogP contribution in [0.3, 0.4) is 0 Å². The van der Waals surface area contributed by atoms with E-state index in [1.807, 2.05) is 30.3 Å². The predicted molar refractivity (Wildman–Crippen MR) is 128 cm³/mol. The largest absolute Gasteiger partial charge is 0.445 e. The van der Waals surface area contributed by atoms with Gasteiger partial charge in [-0.05, 0) is 53.5 Å². The number of piperidine rings is 1. The molecule has 1 fully saturated rings. The molecule has 9 nitrogen and oxygen atoms in total. The molecule has 190 valence electrons. The lowest BCUT2D eigenvalue weighted by Gasteiger charge is -2.43. The van der Waals surface area contributed by atoms with Gasteiger partial charge < -0.3 is 28.9 Å². The maximum atomic E-state index is 12.9. The van der Waals surface area contributed by atoms with Gasteiger partial charge in [0.25, 0.3) is 0 Å². The van der Waals surface area contributed by atoms with Gasteiger partial charge in [-0.15, -0.1) is 0 Å². The highest BCUT2D eigenvalue weighted by Crippen LogP contribution is 2.23. The molecule has 0 saturated carbocycles. The van der Waals surface area contributed by atoms with Gasteiger partial charge in [-0.3, -0.25) is 0 Å². The summed E-state index contributed by atoms with van der Waals surface area (Å²) in [4.78, 5) is 42.9. The molecule has 2 atom stereocenters. The van der Waals surface area contributed by atoms with Crippen LogP contribution in [0.15, 0.2) is 30.3 Å². The predicted octanol–water partition coefficient (Wildman–Crippen LogP) is 4.50. The molecular weight excluding hydrogens is 438 g/mol. The van der Waals surface area contributed by atoms with E-state index in [4.69, 9.17) is 14.2 Å². The Bertz CT molecular complexity index is 804.